The van der Waals surface area contributed by atoms with Gasteiger partial charge in [0, 0.05) is 11.9 Å². The molecule has 0 bridgehead atoms. The SMILES string of the molecule is CCNc1ncnc(NCc2cscn2)c1OC. The number of nitrogens with one attached hydrogen (secondary N) is 2. The molecule has 2 N–H and O–H groups in total. The van der Waals surface area contributed by atoms with Gasteiger partial charge in [-0.2, -0.15) is 0 Å². The van der Waals surface area contributed by atoms with E-state index < -0.39 is 0 Å². The van der Waals surface area contributed by atoms with Crippen LogP contribution in [0.4, 0.5) is 11.6 Å². The van der Waals surface area contributed by atoms with Crippen LogP contribution in [-0.4, -0.2) is 28.6 Å². The normalized spacial score (nSPS) is 10.1. The van der Waals surface area contributed by atoms with Crippen molar-refractivity contribution in [3.63, 3.8) is 0 Å². The zero-order valence-corrected chi connectivity index (χ0v) is 11.1. The largest absolute Gasteiger partial charge is 0.490 e. The van der Waals surface area contributed by atoms with E-state index in [1.54, 1.807) is 24.0 Å². The Balaban J connectivity index is 2.13. The zero-order chi connectivity index (χ0) is 12.8. The number of methoxy groups -OCH3 is 1. The lowest BCUT2D eigenvalue weighted by Gasteiger charge is -2.12. The fraction of sp³-hybridized carbons (Fsp3) is 0.364. The highest BCUT2D eigenvalue weighted by atomic mass is 32.1. The summed E-state index contributed by atoms with van der Waals surface area (Å²) in [6, 6.07) is 0. The topological polar surface area (TPSA) is 72.0 Å². The van der Waals surface area contributed by atoms with E-state index in [-0.39, 0.29) is 0 Å². The van der Waals surface area contributed by atoms with Crippen molar-refractivity contribution >= 4 is 23.0 Å². The van der Waals surface area contributed by atoms with Crippen molar-refractivity contribution in [2.45, 2.75) is 13.5 Å². The molecule has 0 unspecified atom stereocenters. The Morgan fingerprint density at radius 1 is 1.22 bits per heavy atom. The summed E-state index contributed by atoms with van der Waals surface area (Å²) in [5.41, 5.74) is 2.78. The van der Waals surface area contributed by atoms with Gasteiger partial charge in [-0.15, -0.1) is 11.3 Å². The Morgan fingerprint density at radius 3 is 2.61 bits per heavy atom. The van der Waals surface area contributed by atoms with Crippen molar-refractivity contribution in [1.29, 1.82) is 0 Å². The van der Waals surface area contributed by atoms with Crippen molar-refractivity contribution in [3.05, 3.63) is 22.9 Å². The maximum Gasteiger partial charge on any atom is 0.204 e. The molecule has 0 aliphatic carbocycles. The van der Waals surface area contributed by atoms with Crippen molar-refractivity contribution in [2.75, 3.05) is 24.3 Å². The van der Waals surface area contributed by atoms with E-state index >= 15 is 0 Å². The molecule has 0 aromatic carbocycles. The summed E-state index contributed by atoms with van der Waals surface area (Å²) in [5.74, 6) is 1.97. The van der Waals surface area contributed by atoms with Crippen LogP contribution in [-0.2, 0) is 6.54 Å². The molecular weight excluding hydrogens is 250 g/mol. The van der Waals surface area contributed by atoms with E-state index in [9.17, 15) is 0 Å². The molecule has 0 radical (unpaired) electrons. The van der Waals surface area contributed by atoms with Gasteiger partial charge >= 0.3 is 0 Å². The van der Waals surface area contributed by atoms with Gasteiger partial charge in [0.25, 0.3) is 0 Å². The van der Waals surface area contributed by atoms with E-state index in [2.05, 4.69) is 25.6 Å². The van der Waals surface area contributed by atoms with E-state index in [0.717, 1.165) is 12.2 Å². The van der Waals surface area contributed by atoms with Gasteiger partial charge in [0.15, 0.2) is 11.6 Å². The predicted octanol–water partition coefficient (Wildman–Crippen LogP) is 1.99. The van der Waals surface area contributed by atoms with Crippen LogP contribution >= 0.6 is 11.3 Å². The van der Waals surface area contributed by atoms with Gasteiger partial charge < -0.3 is 15.4 Å². The average molecular weight is 265 g/mol. The summed E-state index contributed by atoms with van der Waals surface area (Å²) in [5, 5.41) is 8.32. The highest BCUT2D eigenvalue weighted by molar-refractivity contribution is 7.07. The Labute approximate surface area is 109 Å². The summed E-state index contributed by atoms with van der Waals surface area (Å²) < 4.78 is 5.33. The van der Waals surface area contributed by atoms with E-state index in [1.807, 2.05) is 12.3 Å². The first-order valence-electron chi connectivity index (χ1n) is 5.59. The predicted molar refractivity (Wildman–Crippen MR) is 72.2 cm³/mol. The fourth-order valence-corrected chi connectivity index (χ4v) is 2.04. The molecule has 2 aromatic heterocycles. The molecule has 6 nitrogen and oxygen atoms in total. The Morgan fingerprint density at radius 2 is 2.00 bits per heavy atom. The third-order valence-electron chi connectivity index (χ3n) is 2.27. The number of thiazole rings is 1. The quantitative estimate of drug-likeness (QED) is 0.832. The van der Waals surface area contributed by atoms with Crippen LogP contribution in [0.2, 0.25) is 0 Å². The van der Waals surface area contributed by atoms with Crippen LogP contribution < -0.4 is 15.4 Å². The van der Waals surface area contributed by atoms with Crippen LogP contribution in [0.3, 0.4) is 0 Å². The van der Waals surface area contributed by atoms with E-state index in [0.29, 0.717) is 23.9 Å². The van der Waals surface area contributed by atoms with Gasteiger partial charge in [0.1, 0.15) is 6.33 Å². The lowest BCUT2D eigenvalue weighted by Crippen LogP contribution is -2.08. The molecule has 2 aromatic rings. The Hall–Kier alpha value is -1.89. The molecule has 7 heteroatoms. The van der Waals surface area contributed by atoms with Gasteiger partial charge in [0.05, 0.1) is 24.9 Å². The third kappa shape index (κ3) is 2.86. The molecule has 0 atom stereocenters. The molecule has 2 rings (SSSR count). The van der Waals surface area contributed by atoms with E-state index in [4.69, 9.17) is 4.74 Å². The fourth-order valence-electron chi connectivity index (χ4n) is 1.49. The van der Waals surface area contributed by atoms with Crippen molar-refractivity contribution < 1.29 is 4.74 Å². The minimum Gasteiger partial charge on any atom is -0.490 e. The number of aromatic nitrogens is 3. The number of ether oxygens (including phenoxy) is 1. The molecule has 0 saturated carbocycles. The van der Waals surface area contributed by atoms with Crippen molar-refractivity contribution in [1.82, 2.24) is 15.0 Å². The number of hydrogen-bond donors (Lipinski definition) is 2. The van der Waals surface area contributed by atoms with Gasteiger partial charge in [-0.25, -0.2) is 15.0 Å². The number of hydrogen-bond acceptors (Lipinski definition) is 7. The van der Waals surface area contributed by atoms with Gasteiger partial charge in [-0.05, 0) is 6.92 Å². The van der Waals surface area contributed by atoms with E-state index in [1.165, 1.54) is 6.33 Å². The highest BCUT2D eigenvalue weighted by Gasteiger charge is 2.11. The molecule has 0 saturated heterocycles. The summed E-state index contributed by atoms with van der Waals surface area (Å²) in [6.07, 6.45) is 1.50. The smallest absolute Gasteiger partial charge is 0.204 e. The molecule has 0 spiro atoms. The Bertz CT molecular complexity index is 488. The molecule has 18 heavy (non-hydrogen) atoms. The molecule has 0 aliphatic heterocycles. The second kappa shape index (κ2) is 6.15. The van der Waals surface area contributed by atoms with Gasteiger partial charge in [0.2, 0.25) is 5.75 Å². The average Bonchev–Trinajstić information content (AvgIpc) is 2.90. The first-order valence-corrected chi connectivity index (χ1v) is 6.53. The standard InChI is InChI=1S/C11H15N5OS/c1-3-12-10-9(17-2)11(15-6-14-10)13-4-8-5-18-7-16-8/h5-7H,3-4H2,1-2H3,(H2,12,13,14,15). The molecule has 0 fully saturated rings. The number of nitrogens with zero attached hydrogens (tertiary/aromatic N) is 3. The van der Waals surface area contributed by atoms with Gasteiger partial charge in [-0.1, -0.05) is 0 Å². The first kappa shape index (κ1) is 12.6. The summed E-state index contributed by atoms with van der Waals surface area (Å²) >= 11 is 1.57. The minimum atomic E-state index is 0.614. The van der Waals surface area contributed by atoms with Gasteiger partial charge in [-0.3, -0.25) is 0 Å². The van der Waals surface area contributed by atoms with Crippen molar-refractivity contribution in [2.24, 2.45) is 0 Å². The second-order valence-electron chi connectivity index (χ2n) is 3.47. The van der Waals surface area contributed by atoms with Crippen molar-refractivity contribution in [3.8, 4) is 5.75 Å². The minimum absolute atomic E-state index is 0.614. The molecule has 96 valence electrons. The van der Waals surface area contributed by atoms with Crippen LogP contribution in [0.5, 0.6) is 5.75 Å². The van der Waals surface area contributed by atoms with Crippen LogP contribution in [0, 0.1) is 0 Å². The van der Waals surface area contributed by atoms with Crippen LogP contribution in [0.25, 0.3) is 0 Å². The zero-order valence-electron chi connectivity index (χ0n) is 10.3. The molecule has 2 heterocycles. The summed E-state index contributed by atoms with van der Waals surface area (Å²) in [6.45, 7) is 3.39. The second-order valence-corrected chi connectivity index (χ2v) is 4.19. The summed E-state index contributed by atoms with van der Waals surface area (Å²) in [4.78, 5) is 12.5. The van der Waals surface area contributed by atoms with Crippen LogP contribution in [0.1, 0.15) is 12.6 Å². The monoisotopic (exact) mass is 265 g/mol. The highest BCUT2D eigenvalue weighted by Crippen LogP contribution is 2.28. The summed E-state index contributed by atoms with van der Waals surface area (Å²) in [7, 11) is 1.60. The first-order chi connectivity index (χ1) is 8.85. The Kier molecular flexibility index (Phi) is 4.30. The third-order valence-corrected chi connectivity index (χ3v) is 2.91. The molecule has 0 aliphatic rings. The molecular formula is C11H15N5OS. The number of rotatable bonds is 6. The maximum absolute atomic E-state index is 5.33. The maximum atomic E-state index is 5.33. The molecule has 0 amide bonds. The lowest BCUT2D eigenvalue weighted by molar-refractivity contribution is 0.414. The lowest BCUT2D eigenvalue weighted by atomic mass is 10.4. The number of anilines is 2. The van der Waals surface area contributed by atoms with Crippen LogP contribution in [0.15, 0.2) is 17.2 Å².